The molecule has 0 aliphatic carbocycles. The van der Waals surface area contributed by atoms with Crippen LogP contribution >= 0.6 is 0 Å². The summed E-state index contributed by atoms with van der Waals surface area (Å²) in [6, 6.07) is -0.428. The van der Waals surface area contributed by atoms with Crippen LogP contribution in [0, 0.1) is 0 Å². The first-order chi connectivity index (χ1) is 5.24. The van der Waals surface area contributed by atoms with E-state index in [4.69, 9.17) is 11.5 Å². The minimum absolute atomic E-state index is 0.343. The van der Waals surface area contributed by atoms with Gasteiger partial charge in [-0.3, -0.25) is 0 Å². The molecule has 6 N–H and O–H groups in total. The molecule has 0 aliphatic heterocycles. The fourth-order valence-electron chi connectivity index (χ4n) is 1.01. The van der Waals surface area contributed by atoms with Gasteiger partial charge < -0.3 is 21.7 Å². The van der Waals surface area contributed by atoms with Crippen LogP contribution in [0.5, 0.6) is 0 Å². The second kappa shape index (κ2) is 4.18. The normalized spacial score (nSPS) is 20.2. The molecule has 0 aromatic carbocycles. The lowest BCUT2D eigenvalue weighted by Crippen LogP contribution is -2.46. The van der Waals surface area contributed by atoms with Gasteiger partial charge in [-0.1, -0.05) is 0 Å². The van der Waals surface area contributed by atoms with Gasteiger partial charge in [-0.2, -0.15) is 0 Å². The van der Waals surface area contributed by atoms with Crippen molar-refractivity contribution in [3.05, 3.63) is 0 Å². The Hall–Kier alpha value is -0.160. The van der Waals surface area contributed by atoms with Gasteiger partial charge in [-0.15, -0.1) is 0 Å². The van der Waals surface area contributed by atoms with Crippen LogP contribution in [0.15, 0.2) is 0 Å². The molecule has 4 nitrogen and oxygen atoms in total. The molecule has 0 aromatic heterocycles. The standard InChI is InChI=1S/C8H20N2O2/c1-5(9)7(12)6(11)4-8(2,3)10/h5-7,11-12H,4,9-10H2,1-3H3/t5-,6-,7+/m0/s1. The van der Waals surface area contributed by atoms with Gasteiger partial charge in [0.25, 0.3) is 0 Å². The topological polar surface area (TPSA) is 92.5 Å². The summed E-state index contributed by atoms with van der Waals surface area (Å²) in [6.07, 6.45) is -1.40. The van der Waals surface area contributed by atoms with Gasteiger partial charge in [0.1, 0.15) is 0 Å². The predicted octanol–water partition coefficient (Wildman–Crippen LogP) is -0.817. The Morgan fingerprint density at radius 3 is 2.00 bits per heavy atom. The van der Waals surface area contributed by atoms with Crippen LogP contribution in [0.2, 0.25) is 0 Å². The van der Waals surface area contributed by atoms with Gasteiger partial charge >= 0.3 is 0 Å². The molecule has 4 heteroatoms. The van der Waals surface area contributed by atoms with Crippen LogP contribution in [0.1, 0.15) is 27.2 Å². The number of rotatable bonds is 4. The Bertz CT molecular complexity index is 132. The van der Waals surface area contributed by atoms with E-state index in [-0.39, 0.29) is 0 Å². The third-order valence-corrected chi connectivity index (χ3v) is 1.67. The first kappa shape index (κ1) is 11.8. The second-order valence-electron chi connectivity index (χ2n) is 4.11. The molecule has 0 rings (SSSR count). The maximum atomic E-state index is 9.41. The van der Waals surface area contributed by atoms with Crippen molar-refractivity contribution < 1.29 is 10.2 Å². The summed E-state index contributed by atoms with van der Waals surface area (Å²) >= 11 is 0. The van der Waals surface area contributed by atoms with E-state index >= 15 is 0 Å². The van der Waals surface area contributed by atoms with E-state index in [1.165, 1.54) is 0 Å². The second-order valence-corrected chi connectivity index (χ2v) is 4.11. The van der Waals surface area contributed by atoms with Crippen LogP contribution in [0.3, 0.4) is 0 Å². The zero-order chi connectivity index (χ0) is 9.94. The van der Waals surface area contributed by atoms with Crippen molar-refractivity contribution in [3.8, 4) is 0 Å². The first-order valence-electron chi connectivity index (χ1n) is 4.14. The van der Waals surface area contributed by atoms with Crippen molar-refractivity contribution in [2.75, 3.05) is 0 Å². The average Bonchev–Trinajstić information content (AvgIpc) is 1.82. The predicted molar refractivity (Wildman–Crippen MR) is 48.5 cm³/mol. The molecule has 0 radical (unpaired) electrons. The Balaban J connectivity index is 3.95. The summed E-state index contributed by atoms with van der Waals surface area (Å²) in [5.74, 6) is 0. The van der Waals surface area contributed by atoms with E-state index in [1.807, 2.05) is 0 Å². The molecule has 12 heavy (non-hydrogen) atoms. The van der Waals surface area contributed by atoms with Gasteiger partial charge in [0.05, 0.1) is 12.2 Å². The number of aliphatic hydroxyl groups is 2. The summed E-state index contributed by atoms with van der Waals surface area (Å²) < 4.78 is 0. The smallest absolute Gasteiger partial charge is 0.0947 e. The van der Waals surface area contributed by atoms with Gasteiger partial charge in [0, 0.05) is 11.6 Å². The maximum absolute atomic E-state index is 9.41. The Morgan fingerprint density at radius 2 is 1.75 bits per heavy atom. The number of hydrogen-bond acceptors (Lipinski definition) is 4. The van der Waals surface area contributed by atoms with E-state index in [9.17, 15) is 10.2 Å². The van der Waals surface area contributed by atoms with Gasteiger partial charge in [-0.25, -0.2) is 0 Å². The fourth-order valence-corrected chi connectivity index (χ4v) is 1.01. The zero-order valence-corrected chi connectivity index (χ0v) is 7.99. The molecular formula is C8H20N2O2. The van der Waals surface area contributed by atoms with Gasteiger partial charge in [0.2, 0.25) is 0 Å². The molecule has 0 saturated heterocycles. The van der Waals surface area contributed by atoms with Crippen molar-refractivity contribution in [1.82, 2.24) is 0 Å². The maximum Gasteiger partial charge on any atom is 0.0947 e. The lowest BCUT2D eigenvalue weighted by Gasteiger charge is -2.27. The fraction of sp³-hybridized carbons (Fsp3) is 1.00. The number of nitrogens with two attached hydrogens (primary N) is 2. The van der Waals surface area contributed by atoms with Crippen molar-refractivity contribution in [1.29, 1.82) is 0 Å². The highest BCUT2D eigenvalue weighted by molar-refractivity contribution is 4.83. The number of aliphatic hydroxyl groups excluding tert-OH is 2. The lowest BCUT2D eigenvalue weighted by atomic mass is 9.93. The Morgan fingerprint density at radius 1 is 1.33 bits per heavy atom. The SMILES string of the molecule is C[C@H](N)[C@@H](O)[C@@H](O)CC(C)(C)N. The molecule has 74 valence electrons. The first-order valence-corrected chi connectivity index (χ1v) is 4.14. The van der Waals surface area contributed by atoms with Crippen molar-refractivity contribution >= 4 is 0 Å². The molecule has 0 heterocycles. The molecule has 0 spiro atoms. The van der Waals surface area contributed by atoms with E-state index in [0.717, 1.165) is 0 Å². The highest BCUT2D eigenvalue weighted by Crippen LogP contribution is 2.11. The Kier molecular flexibility index (Phi) is 4.13. The lowest BCUT2D eigenvalue weighted by molar-refractivity contribution is -0.00627. The molecule has 0 aromatic rings. The molecule has 0 aliphatic rings. The summed E-state index contributed by atoms with van der Waals surface area (Å²) in [4.78, 5) is 0. The Labute approximate surface area is 73.6 Å². The molecule has 0 fully saturated rings. The van der Waals surface area contributed by atoms with Gasteiger partial charge in [-0.05, 0) is 27.2 Å². The minimum Gasteiger partial charge on any atom is -0.390 e. The van der Waals surface area contributed by atoms with Crippen LogP contribution in [0.25, 0.3) is 0 Å². The van der Waals surface area contributed by atoms with E-state index in [1.54, 1.807) is 20.8 Å². The van der Waals surface area contributed by atoms with Crippen molar-refractivity contribution in [2.24, 2.45) is 11.5 Å². The average molecular weight is 176 g/mol. The largest absolute Gasteiger partial charge is 0.390 e. The highest BCUT2D eigenvalue weighted by Gasteiger charge is 2.25. The van der Waals surface area contributed by atoms with E-state index in [0.29, 0.717) is 6.42 Å². The van der Waals surface area contributed by atoms with Crippen LogP contribution < -0.4 is 11.5 Å². The van der Waals surface area contributed by atoms with Crippen LogP contribution in [-0.2, 0) is 0 Å². The van der Waals surface area contributed by atoms with Crippen molar-refractivity contribution in [2.45, 2.75) is 51.0 Å². The summed E-state index contributed by atoms with van der Waals surface area (Å²) in [6.45, 7) is 5.24. The zero-order valence-electron chi connectivity index (χ0n) is 7.99. The minimum atomic E-state index is -0.896. The van der Waals surface area contributed by atoms with Crippen molar-refractivity contribution in [3.63, 3.8) is 0 Å². The molecule has 0 saturated carbocycles. The quantitative estimate of drug-likeness (QED) is 0.450. The summed E-state index contributed by atoms with van der Waals surface area (Å²) in [5, 5.41) is 18.7. The number of hydrogen-bond donors (Lipinski definition) is 4. The third kappa shape index (κ3) is 4.66. The highest BCUT2D eigenvalue weighted by atomic mass is 16.3. The third-order valence-electron chi connectivity index (χ3n) is 1.67. The molecule has 0 unspecified atom stereocenters. The molecule has 0 amide bonds. The molecule has 3 atom stereocenters. The molecular weight excluding hydrogens is 156 g/mol. The summed E-state index contributed by atoms with van der Waals surface area (Å²) in [5.41, 5.74) is 10.6. The van der Waals surface area contributed by atoms with E-state index < -0.39 is 23.8 Å². The van der Waals surface area contributed by atoms with Gasteiger partial charge in [0.15, 0.2) is 0 Å². The van der Waals surface area contributed by atoms with Crippen LogP contribution in [0.4, 0.5) is 0 Å². The monoisotopic (exact) mass is 176 g/mol. The summed E-state index contributed by atoms with van der Waals surface area (Å²) in [7, 11) is 0. The van der Waals surface area contributed by atoms with Crippen LogP contribution in [-0.4, -0.2) is 34.0 Å². The molecule has 0 bridgehead atoms. The van der Waals surface area contributed by atoms with E-state index in [2.05, 4.69) is 0 Å².